The molecule has 1 fully saturated rings. The van der Waals surface area contributed by atoms with E-state index in [0.29, 0.717) is 31.7 Å². The molecule has 9 heteroatoms. The molecule has 1 unspecified atom stereocenters. The monoisotopic (exact) mass is 576 g/mol. The van der Waals surface area contributed by atoms with Gasteiger partial charge in [-0.15, -0.1) is 0 Å². The fraction of sp³-hybridized carbons (Fsp3) is 0.182. The molecule has 1 aliphatic heterocycles. The van der Waals surface area contributed by atoms with Gasteiger partial charge in [-0.2, -0.15) is 0 Å². The fourth-order valence-corrected chi connectivity index (χ4v) is 6.31. The Bertz CT molecular complexity index is 1740. The van der Waals surface area contributed by atoms with E-state index in [1.54, 1.807) is 7.11 Å². The first-order valence-electron chi connectivity index (χ1n) is 13.9. The van der Waals surface area contributed by atoms with E-state index in [9.17, 15) is 4.79 Å². The van der Waals surface area contributed by atoms with E-state index in [0.717, 1.165) is 39.4 Å². The summed E-state index contributed by atoms with van der Waals surface area (Å²) in [5.41, 5.74) is 5.32. The lowest BCUT2D eigenvalue weighted by molar-refractivity contribution is 0.0746. The topological polar surface area (TPSA) is 83.5 Å². The fourth-order valence-electron chi connectivity index (χ4n) is 4.99. The maximum atomic E-state index is 13.0. The maximum absolute atomic E-state index is 13.0. The molecule has 1 atom stereocenters. The van der Waals surface area contributed by atoms with Crippen LogP contribution in [0.15, 0.2) is 102 Å². The molecule has 0 aliphatic carbocycles. The number of aromatic nitrogens is 3. The molecule has 1 N–H and O–H groups in total. The summed E-state index contributed by atoms with van der Waals surface area (Å²) in [5, 5.41) is 2.17. The van der Waals surface area contributed by atoms with Gasteiger partial charge >= 0.3 is 0 Å². The summed E-state index contributed by atoms with van der Waals surface area (Å²) in [6, 6.07) is 25.9. The number of pyridine rings is 1. The second-order valence-corrected chi connectivity index (χ2v) is 11.7. The van der Waals surface area contributed by atoms with Gasteiger partial charge in [-0.1, -0.05) is 34.9 Å². The normalized spacial score (nSPS) is 14.1. The van der Waals surface area contributed by atoms with Crippen LogP contribution in [-0.2, 0) is 0 Å². The predicted molar refractivity (Wildman–Crippen MR) is 172 cm³/mol. The highest BCUT2D eigenvalue weighted by Gasteiger charge is 2.23. The van der Waals surface area contributed by atoms with Gasteiger partial charge in [-0.25, -0.2) is 4.98 Å². The molecule has 3 heterocycles. The molecule has 5 aromatic rings. The van der Waals surface area contributed by atoms with Gasteiger partial charge < -0.3 is 19.3 Å². The minimum atomic E-state index is -0.229. The van der Waals surface area contributed by atoms with Gasteiger partial charge in [0.05, 0.1) is 36.2 Å². The molecule has 3 aromatic carbocycles. The van der Waals surface area contributed by atoms with Crippen LogP contribution < -0.4 is 14.4 Å². The molecule has 0 spiro atoms. The third-order valence-corrected chi connectivity index (χ3v) is 9.00. The van der Waals surface area contributed by atoms with Gasteiger partial charge in [-0.3, -0.25) is 14.8 Å². The highest BCUT2D eigenvalue weighted by molar-refractivity contribution is 8.16. The van der Waals surface area contributed by atoms with Crippen LogP contribution in [0, 0.1) is 0 Å². The zero-order valence-electron chi connectivity index (χ0n) is 23.6. The number of piperazine rings is 1. The van der Waals surface area contributed by atoms with Crippen molar-refractivity contribution in [1.29, 1.82) is 0 Å². The summed E-state index contributed by atoms with van der Waals surface area (Å²) >= 11 is 0. The number of anilines is 2. The summed E-state index contributed by atoms with van der Waals surface area (Å²) in [6.45, 7) is 4.69. The number of carbonyl (C=O) groups is 1. The number of benzene rings is 3. The Hall–Kier alpha value is -4.76. The van der Waals surface area contributed by atoms with Crippen molar-refractivity contribution in [2.75, 3.05) is 42.9 Å². The number of rotatable bonds is 7. The number of hydrogen-bond donors (Lipinski definition) is 1. The molecule has 2 aromatic heterocycles. The maximum Gasteiger partial charge on any atom is 0.253 e. The molecule has 6 rings (SSSR count). The summed E-state index contributed by atoms with van der Waals surface area (Å²) in [4.78, 5) is 32.4. The first-order chi connectivity index (χ1) is 20.6. The third-order valence-electron chi connectivity index (χ3n) is 7.29. The number of nitrogens with zero attached hydrogens (tertiary/aromatic N) is 5. The van der Waals surface area contributed by atoms with E-state index in [4.69, 9.17) is 9.72 Å². The standard InChI is InChI=1S/C33H32N6O2S/c1-3-42(29-7-5-4-6-8-29)37-27-19-26(21-34-22-27)25-11-14-30-31(20-25)36-32(23-35-30)38-15-17-39(18-16-38)33(40)24-9-12-28(41-2)13-10-24/h3-14,19-23,37H,15-18H2,1-2H3. The number of fused-ring (bicyclic) bond motifs is 1. The van der Waals surface area contributed by atoms with Crippen molar-refractivity contribution in [3.63, 3.8) is 0 Å². The molecule has 212 valence electrons. The van der Waals surface area contributed by atoms with Crippen LogP contribution in [0.2, 0.25) is 0 Å². The lowest BCUT2D eigenvalue weighted by Gasteiger charge is -2.35. The van der Waals surface area contributed by atoms with Crippen molar-refractivity contribution in [2.45, 2.75) is 11.8 Å². The van der Waals surface area contributed by atoms with Gasteiger partial charge in [0, 0.05) is 48.4 Å². The zero-order chi connectivity index (χ0) is 28.9. The van der Waals surface area contributed by atoms with Crippen LogP contribution in [0.25, 0.3) is 22.2 Å². The molecule has 1 amide bonds. The van der Waals surface area contributed by atoms with Crippen LogP contribution >= 0.6 is 10.7 Å². The summed E-state index contributed by atoms with van der Waals surface area (Å²) < 4.78 is 8.82. The quantitative estimate of drug-likeness (QED) is 0.233. The number of ether oxygens (including phenoxy) is 1. The van der Waals surface area contributed by atoms with Gasteiger partial charge in [0.1, 0.15) is 11.6 Å². The Balaban J connectivity index is 1.16. The minimum absolute atomic E-state index is 0.0318. The van der Waals surface area contributed by atoms with Crippen LogP contribution in [0.3, 0.4) is 0 Å². The molecule has 0 bridgehead atoms. The van der Waals surface area contributed by atoms with Crippen LogP contribution in [0.1, 0.15) is 17.3 Å². The third kappa shape index (κ3) is 5.96. The lowest BCUT2D eigenvalue weighted by Crippen LogP contribution is -2.49. The molecular weight excluding hydrogens is 544 g/mol. The average Bonchev–Trinajstić information content (AvgIpc) is 3.07. The molecule has 1 saturated heterocycles. The highest BCUT2D eigenvalue weighted by atomic mass is 32.2. The smallest absolute Gasteiger partial charge is 0.253 e. The zero-order valence-corrected chi connectivity index (χ0v) is 24.4. The Morgan fingerprint density at radius 2 is 1.67 bits per heavy atom. The Morgan fingerprint density at radius 1 is 0.881 bits per heavy atom. The van der Waals surface area contributed by atoms with Crippen LogP contribution in [0.4, 0.5) is 11.5 Å². The molecular formula is C33H32N6O2S. The van der Waals surface area contributed by atoms with Crippen molar-refractivity contribution < 1.29 is 9.53 Å². The summed E-state index contributed by atoms with van der Waals surface area (Å²) in [6.07, 6.45) is 5.55. The number of carbonyl (C=O) groups excluding carboxylic acids is 1. The number of hydrogen-bond acceptors (Lipinski definition) is 7. The van der Waals surface area contributed by atoms with Gasteiger partial charge in [0.2, 0.25) is 0 Å². The lowest BCUT2D eigenvalue weighted by atomic mass is 10.1. The Labute approximate surface area is 248 Å². The first kappa shape index (κ1) is 27.4. The van der Waals surface area contributed by atoms with E-state index in [-0.39, 0.29) is 16.6 Å². The van der Waals surface area contributed by atoms with Crippen LogP contribution in [-0.4, -0.2) is 64.4 Å². The minimum Gasteiger partial charge on any atom is -0.497 e. The first-order valence-corrected chi connectivity index (χ1v) is 15.1. The van der Waals surface area contributed by atoms with E-state index in [1.807, 2.05) is 59.9 Å². The SMILES string of the molecule is C/C=S(\Nc1cncc(-c2ccc3ncc(N4CCN(C(=O)c5ccc(OC)cc5)CC4)nc3c2)c1)c1ccccc1. The molecule has 0 radical (unpaired) electrons. The summed E-state index contributed by atoms with van der Waals surface area (Å²) in [5.74, 6) is 1.58. The van der Waals surface area contributed by atoms with E-state index < -0.39 is 0 Å². The molecule has 0 saturated carbocycles. The van der Waals surface area contributed by atoms with Crippen molar-refractivity contribution in [1.82, 2.24) is 19.9 Å². The number of methoxy groups -OCH3 is 1. The van der Waals surface area contributed by atoms with Gasteiger partial charge in [0.25, 0.3) is 5.91 Å². The summed E-state index contributed by atoms with van der Waals surface area (Å²) in [7, 11) is 1.39. The molecule has 8 nitrogen and oxygen atoms in total. The van der Waals surface area contributed by atoms with Gasteiger partial charge in [0.15, 0.2) is 0 Å². The predicted octanol–water partition coefficient (Wildman–Crippen LogP) is 6.14. The van der Waals surface area contributed by atoms with Crippen molar-refractivity contribution in [2.24, 2.45) is 0 Å². The largest absolute Gasteiger partial charge is 0.497 e. The molecule has 42 heavy (non-hydrogen) atoms. The van der Waals surface area contributed by atoms with Crippen molar-refractivity contribution in [3.8, 4) is 16.9 Å². The number of nitrogens with one attached hydrogen (secondary N) is 1. The second-order valence-electron chi connectivity index (χ2n) is 9.89. The highest BCUT2D eigenvalue weighted by Crippen LogP contribution is 2.30. The number of amides is 1. The van der Waals surface area contributed by atoms with Gasteiger partial charge in [-0.05, 0) is 72.5 Å². The van der Waals surface area contributed by atoms with Crippen molar-refractivity contribution in [3.05, 3.63) is 103 Å². The molecule has 1 aliphatic rings. The van der Waals surface area contributed by atoms with E-state index >= 15 is 0 Å². The van der Waals surface area contributed by atoms with E-state index in [1.165, 1.54) is 4.90 Å². The Morgan fingerprint density at radius 3 is 2.40 bits per heavy atom. The van der Waals surface area contributed by atoms with Crippen LogP contribution in [0.5, 0.6) is 5.75 Å². The van der Waals surface area contributed by atoms with E-state index in [2.05, 4.69) is 74.3 Å². The Kier molecular flexibility index (Phi) is 8.09. The van der Waals surface area contributed by atoms with Crippen molar-refractivity contribution >= 4 is 44.5 Å². The average molecular weight is 577 g/mol. The second kappa shape index (κ2) is 12.4.